The summed E-state index contributed by atoms with van der Waals surface area (Å²) in [6.07, 6.45) is 1.50. The molecule has 0 spiro atoms. The molecule has 4 rings (SSSR count). The maximum atomic E-state index is 14.2. The molecule has 2 aromatic heterocycles. The minimum atomic E-state index is -3.92. The predicted octanol–water partition coefficient (Wildman–Crippen LogP) is 4.49. The molecule has 0 aliphatic rings. The molecule has 0 atom stereocenters. The van der Waals surface area contributed by atoms with Gasteiger partial charge in [0.2, 0.25) is 14.9 Å². The van der Waals surface area contributed by atoms with Crippen LogP contribution in [0.15, 0.2) is 106 Å². The minimum absolute atomic E-state index is 0.0521. The molecule has 2 heterocycles. The molecule has 0 N–H and O–H groups in total. The first-order valence-electron chi connectivity index (χ1n) is 9.33. The Labute approximate surface area is 178 Å². The van der Waals surface area contributed by atoms with Crippen LogP contribution in [0.2, 0.25) is 0 Å². The van der Waals surface area contributed by atoms with E-state index in [1.54, 1.807) is 54.6 Å². The molecule has 0 fully saturated rings. The van der Waals surface area contributed by atoms with E-state index < -0.39 is 21.6 Å². The lowest BCUT2D eigenvalue weighted by molar-refractivity contribution is 0.0952. The molecule has 0 radical (unpaired) electrons. The lowest BCUT2D eigenvalue weighted by atomic mass is 10.2. The molecule has 4 aromatic rings. The highest BCUT2D eigenvalue weighted by atomic mass is 32.2. The molecule has 0 bridgehead atoms. The van der Waals surface area contributed by atoms with E-state index in [1.807, 2.05) is 0 Å². The van der Waals surface area contributed by atoms with Crippen molar-refractivity contribution >= 4 is 21.6 Å². The molecule has 31 heavy (non-hydrogen) atoms. The molecule has 2 aromatic carbocycles. The second kappa shape index (κ2) is 8.53. The Bertz CT molecular complexity index is 1310. The first-order valence-corrected chi connectivity index (χ1v) is 10.8. The third-order valence-electron chi connectivity index (χ3n) is 4.57. The number of amides is 1. The zero-order valence-electron chi connectivity index (χ0n) is 16.2. The smallest absolute Gasteiger partial charge is 0.295 e. The molecule has 0 unspecified atom stereocenters. The normalized spacial score (nSPS) is 11.3. The van der Waals surface area contributed by atoms with Crippen LogP contribution in [0.5, 0.6) is 0 Å². The van der Waals surface area contributed by atoms with E-state index in [4.69, 9.17) is 4.42 Å². The number of halogens is 1. The van der Waals surface area contributed by atoms with Crippen LogP contribution in [0, 0.1) is 5.82 Å². The Hall–Kier alpha value is -3.78. The van der Waals surface area contributed by atoms with Gasteiger partial charge in [0.25, 0.3) is 5.91 Å². The van der Waals surface area contributed by atoms with Gasteiger partial charge in [0.15, 0.2) is 5.76 Å². The summed E-state index contributed by atoms with van der Waals surface area (Å²) < 4.78 is 45.2. The van der Waals surface area contributed by atoms with Crippen molar-refractivity contribution in [3.63, 3.8) is 0 Å². The number of carbonyl (C=O) groups excluding carboxylic acids is 1. The van der Waals surface area contributed by atoms with Gasteiger partial charge < -0.3 is 4.42 Å². The third kappa shape index (κ3) is 4.24. The van der Waals surface area contributed by atoms with Gasteiger partial charge in [-0.15, -0.1) is 0 Å². The molecule has 0 saturated heterocycles. The van der Waals surface area contributed by atoms with Crippen LogP contribution in [0.3, 0.4) is 0 Å². The van der Waals surface area contributed by atoms with Crippen LogP contribution in [-0.2, 0) is 16.4 Å². The van der Waals surface area contributed by atoms with Crippen molar-refractivity contribution in [2.24, 2.45) is 0 Å². The summed E-state index contributed by atoms with van der Waals surface area (Å²) in [7, 11) is -3.92. The van der Waals surface area contributed by atoms with E-state index in [2.05, 4.69) is 4.98 Å². The average molecular weight is 436 g/mol. The van der Waals surface area contributed by atoms with Crippen molar-refractivity contribution in [1.29, 1.82) is 0 Å². The highest BCUT2D eigenvalue weighted by Crippen LogP contribution is 2.25. The summed E-state index contributed by atoms with van der Waals surface area (Å²) in [6.45, 7) is -0.107. The Morgan fingerprint density at radius 1 is 0.903 bits per heavy atom. The summed E-state index contributed by atoms with van der Waals surface area (Å²) in [5.41, 5.74) is 0.283. The Balaban J connectivity index is 1.69. The van der Waals surface area contributed by atoms with Gasteiger partial charge in [-0.25, -0.2) is 17.8 Å². The number of furan rings is 1. The van der Waals surface area contributed by atoms with E-state index >= 15 is 0 Å². The number of aromatic nitrogens is 1. The molecule has 1 amide bonds. The van der Waals surface area contributed by atoms with E-state index in [-0.39, 0.29) is 33.7 Å². The number of nitrogens with zero attached hydrogens (tertiary/aromatic N) is 2. The van der Waals surface area contributed by atoms with Crippen molar-refractivity contribution in [3.05, 3.63) is 108 Å². The molecule has 8 heteroatoms. The summed E-state index contributed by atoms with van der Waals surface area (Å²) in [6, 6.07) is 21.4. The van der Waals surface area contributed by atoms with Crippen molar-refractivity contribution in [1.82, 2.24) is 4.98 Å². The first kappa shape index (κ1) is 20.5. The first-order chi connectivity index (χ1) is 15.0. The number of anilines is 1. The van der Waals surface area contributed by atoms with Gasteiger partial charge >= 0.3 is 0 Å². The lowest BCUT2D eigenvalue weighted by Crippen LogP contribution is -2.31. The monoisotopic (exact) mass is 436 g/mol. The molecule has 6 nitrogen and oxygen atoms in total. The number of sulfone groups is 1. The van der Waals surface area contributed by atoms with Crippen molar-refractivity contribution < 1.29 is 22.0 Å². The van der Waals surface area contributed by atoms with Crippen LogP contribution >= 0.6 is 0 Å². The fourth-order valence-electron chi connectivity index (χ4n) is 3.00. The molecular formula is C23H17FN2O4S. The van der Waals surface area contributed by atoms with Crippen LogP contribution in [0.4, 0.5) is 10.2 Å². The Morgan fingerprint density at radius 2 is 1.61 bits per heavy atom. The summed E-state index contributed by atoms with van der Waals surface area (Å²) in [5, 5.41) is -0.353. The van der Waals surface area contributed by atoms with Crippen LogP contribution in [-0.4, -0.2) is 19.3 Å². The Morgan fingerprint density at radius 3 is 2.32 bits per heavy atom. The summed E-state index contributed by atoms with van der Waals surface area (Å²) in [5.74, 6) is -1.03. The quantitative estimate of drug-likeness (QED) is 0.445. The highest BCUT2D eigenvalue weighted by Gasteiger charge is 2.27. The predicted molar refractivity (Wildman–Crippen MR) is 112 cm³/mol. The maximum Gasteiger partial charge on any atom is 0.295 e. The summed E-state index contributed by atoms with van der Waals surface area (Å²) in [4.78, 5) is 18.7. The van der Waals surface area contributed by atoms with Gasteiger partial charge in [-0.2, -0.15) is 0 Å². The van der Waals surface area contributed by atoms with Gasteiger partial charge in [-0.3, -0.25) is 9.69 Å². The number of benzene rings is 2. The number of carbonyl (C=O) groups is 1. The van der Waals surface area contributed by atoms with Gasteiger partial charge in [0.1, 0.15) is 11.6 Å². The van der Waals surface area contributed by atoms with Crippen LogP contribution in [0.1, 0.15) is 16.1 Å². The van der Waals surface area contributed by atoms with Crippen molar-refractivity contribution in [3.8, 4) is 0 Å². The number of hydrogen-bond donors (Lipinski definition) is 0. The van der Waals surface area contributed by atoms with Crippen molar-refractivity contribution in [2.45, 2.75) is 16.5 Å². The van der Waals surface area contributed by atoms with E-state index in [1.165, 1.54) is 41.4 Å². The van der Waals surface area contributed by atoms with Gasteiger partial charge in [-0.05, 0) is 42.5 Å². The lowest BCUT2D eigenvalue weighted by Gasteiger charge is -2.21. The minimum Gasteiger partial charge on any atom is -0.439 e. The topological polar surface area (TPSA) is 80.5 Å². The fraction of sp³-hybridized carbons (Fsp3) is 0.0435. The van der Waals surface area contributed by atoms with E-state index in [0.29, 0.717) is 0 Å². The number of pyridine rings is 1. The Kier molecular flexibility index (Phi) is 5.64. The number of rotatable bonds is 6. The van der Waals surface area contributed by atoms with Crippen LogP contribution in [0.25, 0.3) is 0 Å². The molecular weight excluding hydrogens is 419 g/mol. The average Bonchev–Trinajstić information content (AvgIpc) is 3.31. The largest absolute Gasteiger partial charge is 0.439 e. The number of hydrogen-bond acceptors (Lipinski definition) is 5. The molecule has 0 saturated carbocycles. The molecule has 0 aliphatic heterocycles. The highest BCUT2D eigenvalue weighted by molar-refractivity contribution is 7.91. The van der Waals surface area contributed by atoms with Gasteiger partial charge in [-0.1, -0.05) is 42.5 Å². The zero-order chi connectivity index (χ0) is 21.8. The fourth-order valence-corrected chi connectivity index (χ4v) is 4.19. The zero-order valence-corrected chi connectivity index (χ0v) is 17.0. The maximum absolute atomic E-state index is 14.2. The SMILES string of the molecule is O=C(c1ccc(S(=O)(=O)c2ccccc2)o1)N(Cc1ccccc1F)c1ccccn1. The third-order valence-corrected chi connectivity index (χ3v) is 6.21. The summed E-state index contributed by atoms with van der Waals surface area (Å²) >= 11 is 0. The van der Waals surface area contributed by atoms with Gasteiger partial charge in [0, 0.05) is 11.8 Å². The van der Waals surface area contributed by atoms with E-state index in [0.717, 1.165) is 0 Å². The van der Waals surface area contributed by atoms with Crippen molar-refractivity contribution in [2.75, 3.05) is 4.90 Å². The molecule has 156 valence electrons. The second-order valence-corrected chi connectivity index (χ2v) is 8.49. The van der Waals surface area contributed by atoms with Gasteiger partial charge in [0.05, 0.1) is 11.4 Å². The molecule has 0 aliphatic carbocycles. The van der Waals surface area contributed by atoms with Crippen LogP contribution < -0.4 is 4.90 Å². The standard InChI is InChI=1S/C23H17FN2O4S/c24-19-11-5-4-8-17(19)16-26(21-12-6-7-15-25-21)23(27)20-13-14-22(30-20)31(28,29)18-9-2-1-3-10-18/h1-15H,16H2. The second-order valence-electron chi connectivity index (χ2n) is 6.61. The van der Waals surface area contributed by atoms with E-state index in [9.17, 15) is 17.6 Å².